The van der Waals surface area contributed by atoms with Gasteiger partial charge in [0.2, 0.25) is 0 Å². The van der Waals surface area contributed by atoms with Gasteiger partial charge in [-0.15, -0.1) is 0 Å². The van der Waals surface area contributed by atoms with E-state index in [9.17, 15) is 4.79 Å². The molecule has 6 nitrogen and oxygen atoms in total. The Kier molecular flexibility index (Phi) is 4.23. The van der Waals surface area contributed by atoms with Crippen molar-refractivity contribution < 1.29 is 14.3 Å². The van der Waals surface area contributed by atoms with Crippen LogP contribution in [0.2, 0.25) is 0 Å². The molecule has 0 bridgehead atoms. The van der Waals surface area contributed by atoms with Gasteiger partial charge >= 0.3 is 0 Å². The molecule has 2 fully saturated rings. The van der Waals surface area contributed by atoms with Crippen molar-refractivity contribution in [2.45, 2.75) is 51.4 Å². The highest BCUT2D eigenvalue weighted by molar-refractivity contribution is 5.95. The normalized spacial score (nSPS) is 31.6. The second-order valence-electron chi connectivity index (χ2n) is 6.62. The Labute approximate surface area is 131 Å². The third kappa shape index (κ3) is 3.03. The molecule has 22 heavy (non-hydrogen) atoms. The molecule has 1 aliphatic heterocycles. The van der Waals surface area contributed by atoms with Gasteiger partial charge in [-0.25, -0.2) is 0 Å². The molecule has 1 saturated carbocycles. The molecule has 0 unspecified atom stereocenters. The van der Waals surface area contributed by atoms with Crippen LogP contribution in [-0.4, -0.2) is 40.7 Å². The number of ether oxygens (including phenoxy) is 2. The molecule has 1 saturated heterocycles. The zero-order valence-electron chi connectivity index (χ0n) is 13.6. The maximum atomic E-state index is 12.2. The molecule has 1 N–H and O–H groups in total. The number of rotatable bonds is 3. The highest BCUT2D eigenvalue weighted by atomic mass is 16.7. The summed E-state index contributed by atoms with van der Waals surface area (Å²) in [7, 11) is 1.83. The fourth-order valence-corrected chi connectivity index (χ4v) is 3.20. The van der Waals surface area contributed by atoms with E-state index in [1.807, 2.05) is 14.0 Å². The third-order valence-corrected chi connectivity index (χ3v) is 4.92. The van der Waals surface area contributed by atoms with Gasteiger partial charge in [0.1, 0.15) is 6.10 Å². The van der Waals surface area contributed by atoms with E-state index in [1.54, 1.807) is 10.9 Å². The van der Waals surface area contributed by atoms with E-state index in [2.05, 4.69) is 17.3 Å². The lowest BCUT2D eigenvalue weighted by atomic mass is 9.86. The molecular weight excluding hydrogens is 282 g/mol. The predicted molar refractivity (Wildman–Crippen MR) is 81.5 cm³/mol. The second-order valence-corrected chi connectivity index (χ2v) is 6.62. The number of carbonyl (C=O) groups is 1. The van der Waals surface area contributed by atoms with Crippen LogP contribution in [0.15, 0.2) is 6.20 Å². The first kappa shape index (κ1) is 15.5. The van der Waals surface area contributed by atoms with E-state index in [-0.39, 0.29) is 12.0 Å². The first-order valence-electron chi connectivity index (χ1n) is 8.08. The summed E-state index contributed by atoms with van der Waals surface area (Å²) in [6.45, 7) is 5.19. The van der Waals surface area contributed by atoms with Gasteiger partial charge in [-0.05, 0) is 25.7 Å². The van der Waals surface area contributed by atoms with Crippen molar-refractivity contribution in [1.82, 2.24) is 15.1 Å². The Hall–Kier alpha value is -1.40. The molecule has 1 amide bonds. The Morgan fingerprint density at radius 1 is 1.50 bits per heavy atom. The summed E-state index contributed by atoms with van der Waals surface area (Å²) in [5, 5.41) is 7.02. The van der Waals surface area contributed by atoms with Crippen LogP contribution in [0.4, 0.5) is 0 Å². The third-order valence-electron chi connectivity index (χ3n) is 4.92. The number of aryl methyl sites for hydroxylation is 1. The van der Waals surface area contributed by atoms with Crippen molar-refractivity contribution in [2.75, 3.05) is 13.2 Å². The SMILES string of the molecule is Cc1c(C(=O)NC[C@@H]2COC3(CCC(C)CC3)O2)cnn1C. The zero-order valence-corrected chi connectivity index (χ0v) is 13.6. The summed E-state index contributed by atoms with van der Waals surface area (Å²) in [5.41, 5.74) is 1.47. The highest BCUT2D eigenvalue weighted by Crippen LogP contribution is 2.39. The van der Waals surface area contributed by atoms with Gasteiger partial charge in [-0.2, -0.15) is 5.10 Å². The average molecular weight is 307 g/mol. The fourth-order valence-electron chi connectivity index (χ4n) is 3.20. The summed E-state index contributed by atoms with van der Waals surface area (Å²) in [6.07, 6.45) is 5.75. The minimum Gasteiger partial charge on any atom is -0.349 e. The molecule has 1 atom stereocenters. The first-order chi connectivity index (χ1) is 10.5. The molecular formula is C16H25N3O3. The Balaban J connectivity index is 1.51. The zero-order chi connectivity index (χ0) is 15.7. The van der Waals surface area contributed by atoms with Gasteiger partial charge in [-0.3, -0.25) is 9.48 Å². The van der Waals surface area contributed by atoms with Crippen LogP contribution < -0.4 is 5.32 Å². The van der Waals surface area contributed by atoms with Crippen molar-refractivity contribution in [3.8, 4) is 0 Å². The fraction of sp³-hybridized carbons (Fsp3) is 0.750. The van der Waals surface area contributed by atoms with Crippen molar-refractivity contribution in [2.24, 2.45) is 13.0 Å². The average Bonchev–Trinajstić information content (AvgIpc) is 3.06. The summed E-state index contributed by atoms with van der Waals surface area (Å²) in [6, 6.07) is 0. The number of hydrogen-bond donors (Lipinski definition) is 1. The van der Waals surface area contributed by atoms with Crippen LogP contribution in [0.25, 0.3) is 0 Å². The van der Waals surface area contributed by atoms with Crippen LogP contribution in [0.1, 0.15) is 48.7 Å². The van der Waals surface area contributed by atoms with Crippen LogP contribution in [0.5, 0.6) is 0 Å². The number of hydrogen-bond acceptors (Lipinski definition) is 4. The molecule has 0 aromatic carbocycles. The topological polar surface area (TPSA) is 65.4 Å². The molecule has 3 rings (SSSR count). The molecule has 0 radical (unpaired) electrons. The molecule has 1 aromatic heterocycles. The lowest BCUT2D eigenvalue weighted by molar-refractivity contribution is -0.191. The molecule has 2 heterocycles. The van der Waals surface area contributed by atoms with E-state index in [0.717, 1.165) is 37.3 Å². The van der Waals surface area contributed by atoms with Crippen molar-refractivity contribution in [1.29, 1.82) is 0 Å². The van der Waals surface area contributed by atoms with Crippen LogP contribution in [-0.2, 0) is 16.5 Å². The van der Waals surface area contributed by atoms with Crippen LogP contribution in [0.3, 0.4) is 0 Å². The van der Waals surface area contributed by atoms with Crippen LogP contribution in [0, 0.1) is 12.8 Å². The number of amides is 1. The minimum atomic E-state index is -0.397. The van der Waals surface area contributed by atoms with Crippen molar-refractivity contribution >= 4 is 5.91 Å². The standard InChI is InChI=1S/C16H25N3O3/c1-11-4-6-16(7-5-11)21-10-13(22-16)8-17-15(20)14-9-18-19(3)12(14)2/h9,11,13H,4-8,10H2,1-3H3,(H,17,20)/t11?,13-,16?/m1/s1. The van der Waals surface area contributed by atoms with Gasteiger partial charge in [0.05, 0.1) is 18.4 Å². The molecule has 2 aliphatic rings. The summed E-state index contributed by atoms with van der Waals surface area (Å²) in [4.78, 5) is 12.2. The molecule has 1 spiro atoms. The summed E-state index contributed by atoms with van der Waals surface area (Å²) >= 11 is 0. The molecule has 1 aromatic rings. The molecule has 122 valence electrons. The monoisotopic (exact) mass is 307 g/mol. The van der Waals surface area contributed by atoms with E-state index in [4.69, 9.17) is 9.47 Å². The lowest BCUT2D eigenvalue weighted by Crippen LogP contribution is -2.38. The summed E-state index contributed by atoms with van der Waals surface area (Å²) < 4.78 is 13.7. The maximum Gasteiger partial charge on any atom is 0.254 e. The Morgan fingerprint density at radius 2 is 2.23 bits per heavy atom. The van der Waals surface area contributed by atoms with E-state index in [0.29, 0.717) is 18.7 Å². The van der Waals surface area contributed by atoms with Gasteiger partial charge in [-0.1, -0.05) is 6.92 Å². The van der Waals surface area contributed by atoms with Gasteiger partial charge < -0.3 is 14.8 Å². The number of aromatic nitrogens is 2. The summed E-state index contributed by atoms with van der Waals surface area (Å²) in [5.74, 6) is 0.254. The quantitative estimate of drug-likeness (QED) is 0.924. The van der Waals surface area contributed by atoms with Gasteiger partial charge in [0, 0.05) is 32.1 Å². The highest BCUT2D eigenvalue weighted by Gasteiger charge is 2.43. The maximum absolute atomic E-state index is 12.2. The number of nitrogens with zero attached hydrogens (tertiary/aromatic N) is 2. The Bertz CT molecular complexity index is 547. The number of nitrogens with one attached hydrogen (secondary N) is 1. The smallest absolute Gasteiger partial charge is 0.254 e. The largest absolute Gasteiger partial charge is 0.349 e. The van der Waals surface area contributed by atoms with E-state index < -0.39 is 5.79 Å². The lowest BCUT2D eigenvalue weighted by Gasteiger charge is -2.34. The molecule has 1 aliphatic carbocycles. The van der Waals surface area contributed by atoms with Gasteiger partial charge in [0.15, 0.2) is 5.79 Å². The van der Waals surface area contributed by atoms with E-state index in [1.165, 1.54) is 0 Å². The van der Waals surface area contributed by atoms with Gasteiger partial charge in [0.25, 0.3) is 5.91 Å². The van der Waals surface area contributed by atoms with Crippen molar-refractivity contribution in [3.63, 3.8) is 0 Å². The predicted octanol–water partition coefficient (Wildman–Crippen LogP) is 1.78. The second kappa shape index (κ2) is 6.01. The van der Waals surface area contributed by atoms with Crippen LogP contribution >= 0.6 is 0 Å². The molecule has 6 heteroatoms. The van der Waals surface area contributed by atoms with Crippen molar-refractivity contribution in [3.05, 3.63) is 17.5 Å². The first-order valence-corrected chi connectivity index (χ1v) is 8.08. The Morgan fingerprint density at radius 3 is 2.86 bits per heavy atom. The van der Waals surface area contributed by atoms with E-state index >= 15 is 0 Å². The minimum absolute atomic E-state index is 0.0608. The number of carbonyl (C=O) groups excluding carboxylic acids is 1.